The van der Waals surface area contributed by atoms with Crippen molar-refractivity contribution in [1.29, 1.82) is 0 Å². The highest BCUT2D eigenvalue weighted by atomic mass is 32.1. The number of rotatable bonds is 3. The Hall–Kier alpha value is -1.47. The second kappa shape index (κ2) is 6.12. The fourth-order valence-corrected chi connectivity index (χ4v) is 2.80. The van der Waals surface area contributed by atoms with E-state index in [9.17, 15) is 14.7 Å². The van der Waals surface area contributed by atoms with Gasteiger partial charge in [0.25, 0.3) is 5.91 Å². The number of nitrogens with one attached hydrogen (secondary N) is 2. The van der Waals surface area contributed by atoms with E-state index in [0.29, 0.717) is 10.8 Å². The minimum absolute atomic E-state index is 0.0989. The first-order chi connectivity index (χ1) is 9.04. The summed E-state index contributed by atoms with van der Waals surface area (Å²) in [6.45, 7) is 1.40. The van der Waals surface area contributed by atoms with Crippen molar-refractivity contribution in [2.24, 2.45) is 0 Å². The highest BCUT2D eigenvalue weighted by Crippen LogP contribution is 2.20. The maximum absolute atomic E-state index is 12.0. The smallest absolute Gasteiger partial charge is 0.271 e. The fourth-order valence-electron chi connectivity index (χ4n) is 2.07. The van der Waals surface area contributed by atoms with Gasteiger partial charge in [-0.2, -0.15) is 0 Å². The second-order valence-corrected chi connectivity index (χ2v) is 5.56. The van der Waals surface area contributed by atoms with Crippen molar-refractivity contribution in [3.63, 3.8) is 0 Å². The Bertz CT molecular complexity index is 467. The van der Waals surface area contributed by atoms with Gasteiger partial charge in [0.15, 0.2) is 5.13 Å². The van der Waals surface area contributed by atoms with Gasteiger partial charge in [0.05, 0.1) is 6.10 Å². The lowest BCUT2D eigenvalue weighted by Gasteiger charge is -2.25. The van der Waals surface area contributed by atoms with E-state index in [1.807, 2.05) is 0 Å². The number of hydrogen-bond donors (Lipinski definition) is 3. The molecule has 1 aromatic heterocycles. The Morgan fingerprint density at radius 1 is 1.37 bits per heavy atom. The van der Waals surface area contributed by atoms with Gasteiger partial charge >= 0.3 is 0 Å². The molecular weight excluding hydrogens is 266 g/mol. The van der Waals surface area contributed by atoms with E-state index in [4.69, 9.17) is 0 Å². The largest absolute Gasteiger partial charge is 0.393 e. The van der Waals surface area contributed by atoms with E-state index in [0.717, 1.165) is 25.7 Å². The van der Waals surface area contributed by atoms with Crippen LogP contribution in [0.25, 0.3) is 0 Å². The highest BCUT2D eigenvalue weighted by molar-refractivity contribution is 7.14. The van der Waals surface area contributed by atoms with Crippen LogP contribution in [0.1, 0.15) is 43.1 Å². The average Bonchev–Trinajstić information content (AvgIpc) is 2.80. The van der Waals surface area contributed by atoms with E-state index >= 15 is 0 Å². The van der Waals surface area contributed by atoms with Crippen LogP contribution in [0.2, 0.25) is 0 Å². The molecule has 1 aliphatic carbocycles. The van der Waals surface area contributed by atoms with Gasteiger partial charge in [0.1, 0.15) is 5.69 Å². The molecule has 1 heterocycles. The summed E-state index contributed by atoms with van der Waals surface area (Å²) in [7, 11) is 0. The number of anilines is 1. The molecular formula is C12H17N3O3S. The summed E-state index contributed by atoms with van der Waals surface area (Å²) in [4.78, 5) is 26.9. The van der Waals surface area contributed by atoms with E-state index in [1.165, 1.54) is 18.3 Å². The van der Waals surface area contributed by atoms with Crippen LogP contribution >= 0.6 is 11.3 Å². The van der Waals surface area contributed by atoms with E-state index in [2.05, 4.69) is 15.6 Å². The van der Waals surface area contributed by atoms with E-state index in [-0.39, 0.29) is 24.0 Å². The first kappa shape index (κ1) is 14.0. The second-order valence-electron chi connectivity index (χ2n) is 4.70. The van der Waals surface area contributed by atoms with Crippen LogP contribution in [0.15, 0.2) is 5.38 Å². The van der Waals surface area contributed by atoms with Crippen molar-refractivity contribution in [2.45, 2.75) is 44.8 Å². The first-order valence-electron chi connectivity index (χ1n) is 6.26. The van der Waals surface area contributed by atoms with Crippen LogP contribution in [0.4, 0.5) is 5.13 Å². The quantitative estimate of drug-likeness (QED) is 0.775. The van der Waals surface area contributed by atoms with Gasteiger partial charge < -0.3 is 15.7 Å². The normalized spacial score (nSPS) is 22.8. The number of thiazole rings is 1. The number of carbonyl (C=O) groups excluding carboxylic acids is 2. The summed E-state index contributed by atoms with van der Waals surface area (Å²) >= 11 is 1.22. The fraction of sp³-hybridized carbons (Fsp3) is 0.583. The number of aliphatic hydroxyl groups is 1. The summed E-state index contributed by atoms with van der Waals surface area (Å²) in [5, 5.41) is 16.9. The molecule has 1 aliphatic rings. The van der Waals surface area contributed by atoms with Crippen molar-refractivity contribution in [3.8, 4) is 0 Å². The molecule has 0 bridgehead atoms. The van der Waals surface area contributed by atoms with Gasteiger partial charge in [-0.25, -0.2) is 4.98 Å². The topological polar surface area (TPSA) is 91.3 Å². The number of nitrogens with zero attached hydrogens (tertiary/aromatic N) is 1. The van der Waals surface area contributed by atoms with Crippen molar-refractivity contribution >= 4 is 28.3 Å². The molecule has 3 N–H and O–H groups in total. The minimum atomic E-state index is -0.237. The third-order valence-electron chi connectivity index (χ3n) is 3.05. The third kappa shape index (κ3) is 4.00. The van der Waals surface area contributed by atoms with Gasteiger partial charge in [0.2, 0.25) is 5.91 Å². The molecule has 1 aromatic rings. The molecule has 0 saturated heterocycles. The summed E-state index contributed by atoms with van der Waals surface area (Å²) in [6, 6.07) is 0.0989. The minimum Gasteiger partial charge on any atom is -0.393 e. The van der Waals surface area contributed by atoms with Crippen LogP contribution in [-0.2, 0) is 4.79 Å². The number of hydrogen-bond acceptors (Lipinski definition) is 5. The van der Waals surface area contributed by atoms with Crippen molar-refractivity contribution < 1.29 is 14.7 Å². The molecule has 6 nitrogen and oxygen atoms in total. The predicted octanol–water partition coefficient (Wildman–Crippen LogP) is 1.13. The molecule has 0 spiro atoms. The van der Waals surface area contributed by atoms with Crippen LogP contribution in [0.5, 0.6) is 0 Å². The van der Waals surface area contributed by atoms with Crippen LogP contribution in [-0.4, -0.2) is 34.1 Å². The van der Waals surface area contributed by atoms with Gasteiger partial charge in [-0.05, 0) is 25.7 Å². The molecule has 104 valence electrons. The third-order valence-corrected chi connectivity index (χ3v) is 3.81. The number of carbonyl (C=O) groups is 2. The van der Waals surface area contributed by atoms with Gasteiger partial charge in [-0.3, -0.25) is 9.59 Å². The monoisotopic (exact) mass is 283 g/mol. The molecule has 2 rings (SSSR count). The number of aliphatic hydroxyl groups excluding tert-OH is 1. The summed E-state index contributed by atoms with van der Waals surface area (Å²) in [6.07, 6.45) is 2.78. The average molecular weight is 283 g/mol. The van der Waals surface area contributed by atoms with Gasteiger partial charge in [-0.1, -0.05) is 0 Å². The lowest BCUT2D eigenvalue weighted by atomic mass is 9.93. The molecule has 0 aliphatic heterocycles. The Balaban J connectivity index is 1.89. The van der Waals surface area contributed by atoms with Crippen molar-refractivity contribution in [1.82, 2.24) is 10.3 Å². The molecule has 1 saturated carbocycles. The Labute approximate surface area is 115 Å². The highest BCUT2D eigenvalue weighted by Gasteiger charge is 2.22. The lowest BCUT2D eigenvalue weighted by Crippen LogP contribution is -2.38. The van der Waals surface area contributed by atoms with Gasteiger partial charge in [0, 0.05) is 18.3 Å². The zero-order valence-corrected chi connectivity index (χ0v) is 11.5. The Morgan fingerprint density at radius 3 is 2.68 bits per heavy atom. The maximum atomic E-state index is 12.0. The first-order valence-corrected chi connectivity index (χ1v) is 7.14. The zero-order chi connectivity index (χ0) is 13.8. The van der Waals surface area contributed by atoms with Crippen LogP contribution in [0, 0.1) is 0 Å². The standard InChI is InChI=1S/C12H17N3O3S/c1-7(16)13-12-15-10(6-19-12)11(18)14-8-2-4-9(17)5-3-8/h6,8-9,17H,2-5H2,1H3,(H,14,18)(H,13,15,16). The predicted molar refractivity (Wildman–Crippen MR) is 72.1 cm³/mol. The van der Waals surface area contributed by atoms with Crippen molar-refractivity contribution in [2.75, 3.05) is 5.32 Å². The summed E-state index contributed by atoms with van der Waals surface area (Å²) in [5.74, 6) is -0.434. The lowest BCUT2D eigenvalue weighted by molar-refractivity contribution is -0.114. The van der Waals surface area contributed by atoms with Crippen molar-refractivity contribution in [3.05, 3.63) is 11.1 Å². The van der Waals surface area contributed by atoms with Gasteiger partial charge in [-0.15, -0.1) is 11.3 Å². The van der Waals surface area contributed by atoms with Crippen LogP contribution in [0.3, 0.4) is 0 Å². The van der Waals surface area contributed by atoms with Crippen LogP contribution < -0.4 is 10.6 Å². The number of aromatic nitrogens is 1. The molecule has 0 aromatic carbocycles. The maximum Gasteiger partial charge on any atom is 0.271 e. The Morgan fingerprint density at radius 2 is 2.05 bits per heavy atom. The summed E-state index contributed by atoms with van der Waals surface area (Å²) < 4.78 is 0. The molecule has 2 amide bonds. The molecule has 0 atom stereocenters. The molecule has 0 radical (unpaired) electrons. The SMILES string of the molecule is CC(=O)Nc1nc(C(=O)NC2CCC(O)CC2)cs1. The Kier molecular flexibility index (Phi) is 4.49. The van der Waals surface area contributed by atoms with E-state index < -0.39 is 0 Å². The molecule has 1 fully saturated rings. The number of amides is 2. The molecule has 19 heavy (non-hydrogen) atoms. The zero-order valence-electron chi connectivity index (χ0n) is 10.7. The molecule has 0 unspecified atom stereocenters. The molecule has 7 heteroatoms. The van der Waals surface area contributed by atoms with E-state index in [1.54, 1.807) is 5.38 Å². The summed E-state index contributed by atoms with van der Waals surface area (Å²) in [5.41, 5.74) is 0.319.